The number of sulfonamides is 1. The number of rotatable bonds is 4. The van der Waals surface area contributed by atoms with E-state index in [0.717, 1.165) is 11.5 Å². The fourth-order valence-electron chi connectivity index (χ4n) is 1.26. The molecular weight excluding hydrogens is 328 g/mol. The van der Waals surface area contributed by atoms with Gasteiger partial charge in [-0.1, -0.05) is 34.4 Å². The molecule has 0 amide bonds. The number of anilines is 1. The van der Waals surface area contributed by atoms with E-state index in [4.69, 9.17) is 29.6 Å². The molecule has 0 saturated carbocycles. The number of nitrogens with zero attached hydrogens (tertiary/aromatic N) is 2. The van der Waals surface area contributed by atoms with Crippen LogP contribution in [0.4, 0.5) is 5.00 Å². The van der Waals surface area contributed by atoms with Gasteiger partial charge in [-0.25, -0.2) is 8.42 Å². The van der Waals surface area contributed by atoms with Gasteiger partial charge in [-0.05, 0) is 12.1 Å². The van der Waals surface area contributed by atoms with Crippen molar-refractivity contribution in [2.75, 3.05) is 4.72 Å². The third-order valence-electron chi connectivity index (χ3n) is 2.10. The molecule has 0 unspecified atom stereocenters. The molecule has 100 valence electrons. The summed E-state index contributed by atoms with van der Waals surface area (Å²) in [4.78, 5) is -0.0135. The summed E-state index contributed by atoms with van der Waals surface area (Å²) in [5.74, 6) is 0. The van der Waals surface area contributed by atoms with Crippen LogP contribution < -0.4 is 10.5 Å². The van der Waals surface area contributed by atoms with Gasteiger partial charge in [0.05, 0.1) is 11.2 Å². The van der Waals surface area contributed by atoms with Gasteiger partial charge in [0.1, 0.15) is 14.9 Å². The molecule has 0 fully saturated rings. The highest BCUT2D eigenvalue weighted by atomic mass is 35.5. The lowest BCUT2D eigenvalue weighted by atomic mass is 10.2. The molecule has 19 heavy (non-hydrogen) atoms. The first kappa shape index (κ1) is 14.1. The molecule has 0 aliphatic heterocycles. The summed E-state index contributed by atoms with van der Waals surface area (Å²) in [6, 6.07) is 4.30. The fourth-order valence-corrected chi connectivity index (χ4v) is 3.60. The zero-order valence-electron chi connectivity index (χ0n) is 9.20. The summed E-state index contributed by atoms with van der Waals surface area (Å²) in [7, 11) is -3.84. The van der Waals surface area contributed by atoms with Crippen LogP contribution in [-0.2, 0) is 10.0 Å². The van der Waals surface area contributed by atoms with Gasteiger partial charge in [-0.3, -0.25) is 4.72 Å². The first-order chi connectivity index (χ1) is 8.90. The molecule has 3 N–H and O–H groups in total. The van der Waals surface area contributed by atoms with E-state index in [9.17, 15) is 8.42 Å². The molecule has 6 nitrogen and oxygen atoms in total. The number of benzene rings is 1. The number of thiocarbonyl (C=S) groups is 1. The van der Waals surface area contributed by atoms with Crippen LogP contribution in [-0.4, -0.2) is 23.0 Å². The average molecular weight is 335 g/mol. The molecule has 10 heteroatoms. The lowest BCUT2D eigenvalue weighted by Crippen LogP contribution is -2.15. The number of hydrogen-bond acceptors (Lipinski definition) is 6. The molecule has 1 aromatic carbocycles. The van der Waals surface area contributed by atoms with Gasteiger partial charge < -0.3 is 5.73 Å². The minimum absolute atomic E-state index is 0.0741. The summed E-state index contributed by atoms with van der Waals surface area (Å²) >= 11 is 11.6. The standard InChI is InChI=1S/C9H7ClN4O2S3/c10-6-2-1-5(9(11)17)3-7(6)19(15,16)13-8-4-12-14-18-8/h1-4,13H,(H2,11,17). The lowest BCUT2D eigenvalue weighted by Gasteiger charge is -2.08. The van der Waals surface area contributed by atoms with E-state index >= 15 is 0 Å². The molecule has 0 aliphatic carbocycles. The molecule has 0 spiro atoms. The Labute approximate surface area is 123 Å². The van der Waals surface area contributed by atoms with Crippen molar-refractivity contribution in [3.05, 3.63) is 35.0 Å². The van der Waals surface area contributed by atoms with E-state index in [2.05, 4.69) is 14.3 Å². The maximum atomic E-state index is 12.2. The van der Waals surface area contributed by atoms with Crippen LogP contribution in [0.3, 0.4) is 0 Å². The molecule has 0 aliphatic rings. The first-order valence-corrected chi connectivity index (χ1v) is 7.84. The second-order valence-electron chi connectivity index (χ2n) is 3.40. The largest absolute Gasteiger partial charge is 0.389 e. The van der Waals surface area contributed by atoms with Crippen molar-refractivity contribution in [1.29, 1.82) is 0 Å². The number of nitrogens with two attached hydrogens (primary N) is 1. The quantitative estimate of drug-likeness (QED) is 0.825. The summed E-state index contributed by atoms with van der Waals surface area (Å²) in [5, 5.41) is 3.90. The van der Waals surface area contributed by atoms with Crippen LogP contribution in [0, 0.1) is 0 Å². The predicted molar refractivity (Wildman–Crippen MR) is 78.1 cm³/mol. The van der Waals surface area contributed by atoms with Crippen molar-refractivity contribution in [3.63, 3.8) is 0 Å². The summed E-state index contributed by atoms with van der Waals surface area (Å²) in [5.41, 5.74) is 5.89. The van der Waals surface area contributed by atoms with Crippen LogP contribution in [0.25, 0.3) is 0 Å². The minimum atomic E-state index is -3.84. The fraction of sp³-hybridized carbons (Fsp3) is 0. The van der Waals surface area contributed by atoms with E-state index < -0.39 is 10.0 Å². The number of hydrogen-bond donors (Lipinski definition) is 2. The second kappa shape index (κ2) is 5.37. The molecular formula is C9H7ClN4O2S3. The monoisotopic (exact) mass is 334 g/mol. The first-order valence-electron chi connectivity index (χ1n) is 4.79. The van der Waals surface area contributed by atoms with Crippen LogP contribution in [0.5, 0.6) is 0 Å². The average Bonchev–Trinajstić information content (AvgIpc) is 2.81. The maximum absolute atomic E-state index is 12.2. The van der Waals surface area contributed by atoms with Gasteiger partial charge in [-0.15, -0.1) is 5.10 Å². The topological polar surface area (TPSA) is 98.0 Å². The highest BCUT2D eigenvalue weighted by molar-refractivity contribution is 7.93. The zero-order chi connectivity index (χ0) is 14.0. The molecule has 0 bridgehead atoms. The molecule has 0 radical (unpaired) electrons. The Morgan fingerprint density at radius 1 is 1.47 bits per heavy atom. The third-order valence-corrected chi connectivity index (χ3v) is 4.89. The summed E-state index contributed by atoms with van der Waals surface area (Å²) < 4.78 is 30.2. The maximum Gasteiger partial charge on any atom is 0.264 e. The molecule has 2 rings (SSSR count). The van der Waals surface area contributed by atoms with Gasteiger partial charge in [-0.2, -0.15) is 0 Å². The Morgan fingerprint density at radius 3 is 2.79 bits per heavy atom. The number of nitrogens with one attached hydrogen (secondary N) is 1. The van der Waals surface area contributed by atoms with Crippen LogP contribution in [0.1, 0.15) is 5.56 Å². The highest BCUT2D eigenvalue weighted by Crippen LogP contribution is 2.25. The second-order valence-corrected chi connectivity index (χ2v) is 6.68. The Balaban J connectivity index is 2.45. The van der Waals surface area contributed by atoms with Crippen LogP contribution in [0.15, 0.2) is 29.3 Å². The summed E-state index contributed by atoms with van der Waals surface area (Å²) in [6.45, 7) is 0. The lowest BCUT2D eigenvalue weighted by molar-refractivity contribution is 0.601. The zero-order valence-corrected chi connectivity index (χ0v) is 12.4. The number of halogens is 1. The third kappa shape index (κ3) is 3.18. The van der Waals surface area contributed by atoms with Crippen molar-refractivity contribution in [1.82, 2.24) is 9.59 Å². The highest BCUT2D eigenvalue weighted by Gasteiger charge is 2.20. The van der Waals surface area contributed by atoms with Gasteiger partial charge in [0.15, 0.2) is 0 Å². The van der Waals surface area contributed by atoms with Crippen molar-refractivity contribution in [2.24, 2.45) is 5.73 Å². The Morgan fingerprint density at radius 2 is 2.21 bits per heavy atom. The van der Waals surface area contributed by atoms with E-state index in [1.807, 2.05) is 0 Å². The van der Waals surface area contributed by atoms with Crippen molar-refractivity contribution in [2.45, 2.75) is 4.90 Å². The molecule has 1 heterocycles. The predicted octanol–water partition coefficient (Wildman–Crippen LogP) is 1.63. The smallest absolute Gasteiger partial charge is 0.264 e. The van der Waals surface area contributed by atoms with Crippen molar-refractivity contribution >= 4 is 55.4 Å². The molecule has 2 aromatic rings. The molecule has 0 saturated heterocycles. The van der Waals surface area contributed by atoms with E-state index in [-0.39, 0.29) is 19.9 Å². The molecule has 0 atom stereocenters. The van der Waals surface area contributed by atoms with Crippen LogP contribution in [0.2, 0.25) is 5.02 Å². The SMILES string of the molecule is NC(=S)c1ccc(Cl)c(S(=O)(=O)Nc2cnns2)c1. The van der Waals surface area contributed by atoms with Gasteiger partial charge in [0.2, 0.25) is 0 Å². The molecule has 1 aromatic heterocycles. The minimum Gasteiger partial charge on any atom is -0.389 e. The van der Waals surface area contributed by atoms with Crippen molar-refractivity contribution in [3.8, 4) is 0 Å². The Bertz CT molecular complexity index is 715. The van der Waals surface area contributed by atoms with Gasteiger partial charge in [0, 0.05) is 17.1 Å². The number of aromatic nitrogens is 2. The normalized spacial score (nSPS) is 11.2. The Kier molecular flexibility index (Phi) is 3.99. The van der Waals surface area contributed by atoms with Crippen molar-refractivity contribution < 1.29 is 8.42 Å². The van der Waals surface area contributed by atoms with Crippen LogP contribution >= 0.6 is 35.4 Å². The Hall–Kier alpha value is -1.29. The van der Waals surface area contributed by atoms with Gasteiger partial charge >= 0.3 is 0 Å². The van der Waals surface area contributed by atoms with E-state index in [0.29, 0.717) is 5.56 Å². The van der Waals surface area contributed by atoms with E-state index in [1.54, 1.807) is 6.07 Å². The summed E-state index contributed by atoms with van der Waals surface area (Å²) in [6.07, 6.45) is 1.30. The van der Waals surface area contributed by atoms with Gasteiger partial charge in [0.25, 0.3) is 10.0 Å². The van der Waals surface area contributed by atoms with E-state index in [1.165, 1.54) is 18.3 Å².